The monoisotopic (exact) mass is 512 g/mol. The maximum absolute atomic E-state index is 12.9. The molecule has 1 fully saturated rings. The number of methoxy groups -OCH3 is 1. The summed E-state index contributed by atoms with van der Waals surface area (Å²) in [5.74, 6) is 1.41. The Hall–Kier alpha value is -2.93. The average molecular weight is 513 g/mol. The molecule has 1 aliphatic rings. The fraction of sp³-hybridized carbons (Fsp3) is 0.154. The van der Waals surface area contributed by atoms with Gasteiger partial charge in [0.05, 0.1) is 17.7 Å². The molecule has 0 bridgehead atoms. The van der Waals surface area contributed by atoms with Gasteiger partial charge in [-0.1, -0.05) is 41.4 Å². The zero-order valence-corrected chi connectivity index (χ0v) is 21.0. The minimum absolute atomic E-state index is 0.0579. The number of carbonyl (C=O) groups excluding carboxylic acids is 1. The summed E-state index contributed by atoms with van der Waals surface area (Å²) in [7, 11) is 1.62. The Balaban J connectivity index is 1.46. The van der Waals surface area contributed by atoms with E-state index in [2.05, 4.69) is 4.99 Å². The number of amidine groups is 1. The summed E-state index contributed by atoms with van der Waals surface area (Å²) in [5, 5.41) is 1.81. The first kappa shape index (κ1) is 24.2. The van der Waals surface area contributed by atoms with E-state index in [9.17, 15) is 4.79 Å². The molecule has 0 atom stereocenters. The molecule has 5 nitrogen and oxygen atoms in total. The third-order valence-corrected chi connectivity index (χ3v) is 6.68. The number of carbonyl (C=O) groups is 1. The van der Waals surface area contributed by atoms with Gasteiger partial charge in [0, 0.05) is 22.2 Å². The van der Waals surface area contributed by atoms with Crippen molar-refractivity contribution in [3.63, 3.8) is 0 Å². The molecule has 0 N–H and O–H groups in total. The number of halogens is 2. The van der Waals surface area contributed by atoms with Crippen molar-refractivity contribution in [2.75, 3.05) is 13.7 Å². The number of thioether (sulfide) groups is 1. The average Bonchev–Trinajstić information content (AvgIpc) is 3.13. The van der Waals surface area contributed by atoms with Gasteiger partial charge in [0.2, 0.25) is 0 Å². The molecule has 1 heterocycles. The molecule has 0 saturated carbocycles. The Morgan fingerprint density at radius 3 is 2.35 bits per heavy atom. The van der Waals surface area contributed by atoms with E-state index in [1.165, 1.54) is 11.8 Å². The topological polar surface area (TPSA) is 51.1 Å². The van der Waals surface area contributed by atoms with E-state index in [0.717, 1.165) is 22.6 Å². The van der Waals surface area contributed by atoms with Crippen LogP contribution < -0.4 is 9.47 Å². The van der Waals surface area contributed by atoms with Crippen LogP contribution in [0, 0.1) is 0 Å². The number of hydrogen-bond acceptors (Lipinski definition) is 5. The molecule has 1 aliphatic heterocycles. The van der Waals surface area contributed by atoms with Crippen LogP contribution in [0.1, 0.15) is 18.1 Å². The van der Waals surface area contributed by atoms with Crippen LogP contribution in [0.4, 0.5) is 5.69 Å². The SMILES string of the molecule is CCN1C(=O)/C(=C/c2ccc(OCc3ccc(Cl)cc3Cl)cc2)SC1=Nc1ccc(OC)cc1. The van der Waals surface area contributed by atoms with Gasteiger partial charge in [-0.25, -0.2) is 4.99 Å². The number of rotatable bonds is 7. The molecule has 1 amide bonds. The third-order valence-electron chi connectivity index (χ3n) is 5.09. The molecule has 0 unspecified atom stereocenters. The summed E-state index contributed by atoms with van der Waals surface area (Å²) < 4.78 is 11.0. The van der Waals surface area contributed by atoms with E-state index in [4.69, 9.17) is 32.7 Å². The molecule has 0 aromatic heterocycles. The first-order valence-corrected chi connectivity index (χ1v) is 12.1. The van der Waals surface area contributed by atoms with Gasteiger partial charge in [0.15, 0.2) is 5.17 Å². The van der Waals surface area contributed by atoms with E-state index in [-0.39, 0.29) is 5.91 Å². The van der Waals surface area contributed by atoms with Crippen molar-refractivity contribution < 1.29 is 14.3 Å². The Morgan fingerprint density at radius 2 is 1.71 bits per heavy atom. The predicted octanol–water partition coefficient (Wildman–Crippen LogP) is 7.20. The summed E-state index contributed by atoms with van der Waals surface area (Å²) in [5.41, 5.74) is 2.51. The minimum atomic E-state index is -0.0579. The molecule has 4 rings (SSSR count). The highest BCUT2D eigenvalue weighted by Crippen LogP contribution is 2.34. The quantitative estimate of drug-likeness (QED) is 0.314. The molecule has 0 aliphatic carbocycles. The highest BCUT2D eigenvalue weighted by Gasteiger charge is 2.32. The number of benzene rings is 3. The Labute approximate surface area is 213 Å². The van der Waals surface area contributed by atoms with Gasteiger partial charge in [-0.2, -0.15) is 0 Å². The van der Waals surface area contributed by atoms with Crippen LogP contribution in [0.15, 0.2) is 76.6 Å². The molecule has 34 heavy (non-hydrogen) atoms. The fourth-order valence-electron chi connectivity index (χ4n) is 3.25. The number of aliphatic imine (C=N–C) groups is 1. The number of hydrogen-bond donors (Lipinski definition) is 0. The van der Waals surface area contributed by atoms with Crippen molar-refractivity contribution in [2.24, 2.45) is 4.99 Å². The van der Waals surface area contributed by atoms with Crippen molar-refractivity contribution >= 4 is 57.8 Å². The van der Waals surface area contributed by atoms with Crippen LogP contribution in [0.5, 0.6) is 11.5 Å². The van der Waals surface area contributed by atoms with E-state index < -0.39 is 0 Å². The van der Waals surface area contributed by atoms with Gasteiger partial charge in [-0.3, -0.25) is 9.69 Å². The molecule has 1 saturated heterocycles. The van der Waals surface area contributed by atoms with E-state index in [1.54, 1.807) is 24.1 Å². The number of amides is 1. The van der Waals surface area contributed by atoms with E-state index in [0.29, 0.717) is 39.0 Å². The zero-order chi connectivity index (χ0) is 24.1. The van der Waals surface area contributed by atoms with Crippen molar-refractivity contribution in [3.8, 4) is 11.5 Å². The number of likely N-dealkylation sites (N-methyl/N-ethyl adjacent to an activating group) is 1. The molecule has 8 heteroatoms. The normalized spacial score (nSPS) is 15.9. The van der Waals surface area contributed by atoms with Gasteiger partial charge in [0.1, 0.15) is 18.1 Å². The molecule has 174 valence electrons. The standard InChI is InChI=1S/C26H22Cl2N2O3S/c1-3-30-25(31)24(34-26(30)29-20-8-12-21(32-2)13-9-20)14-17-4-10-22(11-5-17)33-16-18-6-7-19(27)15-23(18)28/h4-15H,3,16H2,1-2H3/b24-14-,29-26?. The van der Waals surface area contributed by atoms with Crippen molar-refractivity contribution in [2.45, 2.75) is 13.5 Å². The molecule has 3 aromatic rings. The first-order chi connectivity index (χ1) is 16.5. The minimum Gasteiger partial charge on any atom is -0.497 e. The Morgan fingerprint density at radius 1 is 1.00 bits per heavy atom. The van der Waals surface area contributed by atoms with Crippen LogP contribution in [0.25, 0.3) is 6.08 Å². The maximum Gasteiger partial charge on any atom is 0.266 e. The van der Waals surface area contributed by atoms with Crippen molar-refractivity contribution in [1.29, 1.82) is 0 Å². The second-order valence-electron chi connectivity index (χ2n) is 7.35. The lowest BCUT2D eigenvalue weighted by atomic mass is 10.2. The second kappa shape index (κ2) is 11.0. The van der Waals surface area contributed by atoms with Gasteiger partial charge in [0.25, 0.3) is 5.91 Å². The summed E-state index contributed by atoms with van der Waals surface area (Å²) in [6.45, 7) is 2.81. The lowest BCUT2D eigenvalue weighted by Gasteiger charge is -2.12. The summed E-state index contributed by atoms with van der Waals surface area (Å²) in [6, 6.07) is 20.3. The van der Waals surface area contributed by atoms with E-state index >= 15 is 0 Å². The molecular weight excluding hydrogens is 491 g/mol. The maximum atomic E-state index is 12.9. The van der Waals surface area contributed by atoms with Gasteiger partial charge in [-0.05, 0) is 78.9 Å². The number of nitrogens with zero attached hydrogens (tertiary/aromatic N) is 2. The van der Waals surface area contributed by atoms with E-state index in [1.807, 2.05) is 67.6 Å². The van der Waals surface area contributed by atoms with Crippen LogP contribution in [0.2, 0.25) is 10.0 Å². The van der Waals surface area contributed by atoms with Crippen LogP contribution in [-0.2, 0) is 11.4 Å². The highest BCUT2D eigenvalue weighted by molar-refractivity contribution is 8.18. The van der Waals surface area contributed by atoms with Crippen LogP contribution >= 0.6 is 35.0 Å². The summed E-state index contributed by atoms with van der Waals surface area (Å²) in [6.07, 6.45) is 1.87. The zero-order valence-electron chi connectivity index (χ0n) is 18.6. The van der Waals surface area contributed by atoms with Crippen molar-refractivity contribution in [1.82, 2.24) is 4.90 Å². The second-order valence-corrected chi connectivity index (χ2v) is 9.20. The van der Waals surface area contributed by atoms with Gasteiger partial charge in [-0.15, -0.1) is 0 Å². The van der Waals surface area contributed by atoms with Gasteiger partial charge >= 0.3 is 0 Å². The summed E-state index contributed by atoms with van der Waals surface area (Å²) >= 11 is 13.5. The lowest BCUT2D eigenvalue weighted by Crippen LogP contribution is -2.28. The van der Waals surface area contributed by atoms with Gasteiger partial charge < -0.3 is 9.47 Å². The fourth-order valence-corrected chi connectivity index (χ4v) is 4.77. The van der Waals surface area contributed by atoms with Crippen molar-refractivity contribution in [3.05, 3.63) is 92.8 Å². The summed E-state index contributed by atoms with van der Waals surface area (Å²) in [4.78, 5) is 19.9. The molecule has 0 spiro atoms. The Bertz CT molecular complexity index is 1240. The first-order valence-electron chi connectivity index (χ1n) is 10.6. The Kier molecular flexibility index (Phi) is 7.83. The lowest BCUT2D eigenvalue weighted by molar-refractivity contribution is -0.122. The third kappa shape index (κ3) is 5.76. The molecule has 3 aromatic carbocycles. The molecule has 0 radical (unpaired) electrons. The highest BCUT2D eigenvalue weighted by atomic mass is 35.5. The van der Waals surface area contributed by atoms with Crippen LogP contribution in [-0.4, -0.2) is 29.6 Å². The number of ether oxygens (including phenoxy) is 2. The predicted molar refractivity (Wildman–Crippen MR) is 140 cm³/mol. The largest absolute Gasteiger partial charge is 0.497 e. The van der Waals surface area contributed by atoms with Crippen LogP contribution in [0.3, 0.4) is 0 Å². The molecular formula is C26H22Cl2N2O3S. The smallest absolute Gasteiger partial charge is 0.266 e.